The molecule has 7 heteroatoms. The molecule has 0 spiro atoms. The molecule has 0 atom stereocenters. The van der Waals surface area contributed by atoms with Crippen LogP contribution in [0.25, 0.3) is 55.5 Å². The summed E-state index contributed by atoms with van der Waals surface area (Å²) in [5.74, 6) is 2.37. The van der Waals surface area contributed by atoms with Crippen molar-refractivity contribution >= 4 is 32.8 Å². The van der Waals surface area contributed by atoms with E-state index in [0.717, 1.165) is 56.3 Å². The van der Waals surface area contributed by atoms with Crippen molar-refractivity contribution in [3.8, 4) is 39.9 Å². The summed E-state index contributed by atoms with van der Waals surface area (Å²) in [4.78, 5) is 4.91. The van der Waals surface area contributed by atoms with E-state index in [4.69, 9.17) is 22.7 Å². The first-order valence-electron chi connectivity index (χ1n) is 19.5. The zero-order chi connectivity index (χ0) is 39.1. The van der Waals surface area contributed by atoms with E-state index >= 15 is 0 Å². The van der Waals surface area contributed by atoms with Gasteiger partial charge in [0.2, 0.25) is 0 Å². The van der Waals surface area contributed by atoms with Gasteiger partial charge >= 0.3 is 198 Å². The van der Waals surface area contributed by atoms with Crippen LogP contribution in [0.3, 0.4) is 0 Å². The molecule has 1 aliphatic heterocycles. The second-order valence-corrected chi connectivity index (χ2v) is 14.3. The Morgan fingerprint density at radius 2 is 1.58 bits per heavy atom. The van der Waals surface area contributed by atoms with E-state index in [0.29, 0.717) is 38.8 Å². The van der Waals surface area contributed by atoms with Gasteiger partial charge in [-0.05, 0) is 29.8 Å². The number of ether oxygens (including phenoxy) is 2. The van der Waals surface area contributed by atoms with Gasteiger partial charge in [0.25, 0.3) is 0 Å². The summed E-state index contributed by atoms with van der Waals surface area (Å²) in [6, 6.07) is 36.3. The third kappa shape index (κ3) is 4.96. The summed E-state index contributed by atoms with van der Waals surface area (Å²) in [6.45, 7) is 0.285. The zero-order valence-corrected chi connectivity index (χ0v) is 29.7. The van der Waals surface area contributed by atoms with E-state index in [2.05, 4.69) is 39.3 Å². The fourth-order valence-corrected chi connectivity index (χ4v) is 7.97. The minimum atomic E-state index is -2.40. The minimum absolute atomic E-state index is 0.0973. The molecule has 6 nitrogen and oxygen atoms in total. The molecule has 0 saturated heterocycles. The van der Waals surface area contributed by atoms with Crippen molar-refractivity contribution in [2.24, 2.45) is 6.98 Å². The molecule has 0 unspecified atom stereocenters. The molecule has 4 heterocycles. The Morgan fingerprint density at radius 3 is 2.42 bits per heavy atom. The van der Waals surface area contributed by atoms with Crippen LogP contribution in [0.1, 0.15) is 39.6 Å². The zero-order valence-electron chi connectivity index (χ0n) is 33.4. The molecule has 0 radical (unpaired) electrons. The van der Waals surface area contributed by atoms with Crippen LogP contribution in [0.5, 0.6) is 17.2 Å². The number of para-hydroxylation sites is 2. The predicted molar refractivity (Wildman–Crippen MR) is 197 cm³/mol. The first-order valence-corrected chi connectivity index (χ1v) is 17.6. The standard InChI is InChI=1S/C43H36N4O2.Pt/c1-28-21-42(44-26-35(28)29-11-6-5-7-12-29)47-39-23-32(17-18-33(39)34-24-36-41(25-40(34)47)48-20-19-43(36,2)3)49-31-14-10-13-30(22-31)46-27-45(4)37-15-8-9-16-38(37)46;/h5-18,21-26H,19-20H2,1-4H3;/i1D3,4D3;. The number of benzene rings is 5. The van der Waals surface area contributed by atoms with Crippen LogP contribution >= 0.6 is 0 Å². The fraction of sp³-hybridized carbons (Fsp3) is 0.163. The Hall–Kier alpha value is -5.19. The van der Waals surface area contributed by atoms with Crippen LogP contribution in [0, 0.1) is 10.7 Å². The predicted octanol–water partition coefficient (Wildman–Crippen LogP) is 10.4. The molecule has 3 aromatic heterocycles. The third-order valence-electron chi connectivity index (χ3n) is 9.77. The van der Waals surface area contributed by atoms with Gasteiger partial charge in [-0.25, -0.2) is 0 Å². The van der Waals surface area contributed by atoms with Crippen molar-refractivity contribution in [2.45, 2.75) is 32.5 Å². The van der Waals surface area contributed by atoms with Crippen LogP contribution in [-0.4, -0.2) is 25.3 Å². The van der Waals surface area contributed by atoms with Crippen molar-refractivity contribution in [2.75, 3.05) is 6.61 Å². The maximum absolute atomic E-state index is 8.53. The van der Waals surface area contributed by atoms with Crippen molar-refractivity contribution in [3.63, 3.8) is 0 Å². The number of imidazole rings is 1. The van der Waals surface area contributed by atoms with Crippen LogP contribution in [-0.2, 0) is 31.7 Å². The number of rotatable bonds is 5. The summed E-state index contributed by atoms with van der Waals surface area (Å²) in [5, 5.41) is 1.95. The molecule has 250 valence electrons. The number of nitrogens with zero attached hydrogens (tertiary/aromatic N) is 4. The van der Waals surface area contributed by atoms with Gasteiger partial charge in [-0.2, -0.15) is 0 Å². The normalized spacial score (nSPS) is 16.2. The Kier molecular flexibility index (Phi) is 5.82. The summed E-state index contributed by atoms with van der Waals surface area (Å²) in [6.07, 6.45) is 2.54. The van der Waals surface area contributed by atoms with Crippen molar-refractivity contribution in [1.82, 2.24) is 18.7 Å². The summed E-state index contributed by atoms with van der Waals surface area (Å²) >= 11 is 2.06. The van der Waals surface area contributed by atoms with Gasteiger partial charge in [0.1, 0.15) is 5.75 Å². The average molecular weight is 842 g/mol. The summed E-state index contributed by atoms with van der Waals surface area (Å²) in [5.41, 5.74) is 6.28. The van der Waals surface area contributed by atoms with E-state index in [1.54, 1.807) is 12.3 Å². The van der Waals surface area contributed by atoms with Gasteiger partial charge in [0.05, 0.1) is 6.61 Å². The topological polar surface area (TPSA) is 46.1 Å². The smallest absolute Gasteiger partial charge is 0.493 e. The molecule has 0 aliphatic carbocycles. The Labute approximate surface area is 310 Å². The van der Waals surface area contributed by atoms with E-state index in [-0.39, 0.29) is 11.0 Å². The second kappa shape index (κ2) is 11.7. The average Bonchev–Trinajstić information content (AvgIpc) is 3.64. The molecule has 1 aliphatic rings. The summed E-state index contributed by atoms with van der Waals surface area (Å²) < 4.78 is 68.9. The Bertz CT molecular complexity index is 2910. The van der Waals surface area contributed by atoms with Gasteiger partial charge in [-0.15, -0.1) is 0 Å². The van der Waals surface area contributed by atoms with E-state index in [1.807, 2.05) is 112 Å². The van der Waals surface area contributed by atoms with Crippen molar-refractivity contribution in [1.29, 1.82) is 0 Å². The van der Waals surface area contributed by atoms with Gasteiger partial charge in [0, 0.05) is 21.4 Å². The molecule has 5 aromatic carbocycles. The van der Waals surface area contributed by atoms with Gasteiger partial charge < -0.3 is 4.74 Å². The molecular formula is C43H36N4O2Pt. The maximum atomic E-state index is 8.53. The third-order valence-corrected chi connectivity index (χ3v) is 10.8. The molecule has 0 fully saturated rings. The van der Waals surface area contributed by atoms with Crippen molar-refractivity contribution < 1.29 is 37.1 Å². The molecule has 0 N–H and O–H groups in total. The second-order valence-electron chi connectivity index (χ2n) is 13.3. The minimum Gasteiger partial charge on any atom is -0.493 e. The van der Waals surface area contributed by atoms with E-state index in [1.165, 1.54) is 4.57 Å². The fourth-order valence-electron chi connectivity index (χ4n) is 7.13. The Balaban J connectivity index is 1.21. The quantitative estimate of drug-likeness (QED) is 0.173. The number of fused-ring (bicyclic) bond motifs is 5. The van der Waals surface area contributed by atoms with Crippen LogP contribution in [0.15, 0.2) is 121 Å². The number of aryl methyl sites for hydroxylation is 2. The molecule has 0 bridgehead atoms. The van der Waals surface area contributed by atoms with Gasteiger partial charge in [0.15, 0.2) is 0 Å². The molecule has 0 saturated carbocycles. The SMILES string of the molecule is [2H]C([2H])([2H])c1cc(-n2c3cc(Oc4cccc(-n5[c](=[Pt])n(C([2H])([2H])[2H])c6ccccc65)c4)ccc3c3cc4c(cc32)OCCC4(C)C)ncc1-c1ccccc1. The molecule has 8 aromatic rings. The van der Waals surface area contributed by atoms with Gasteiger partial charge in [-0.3, -0.25) is 0 Å². The van der Waals surface area contributed by atoms with E-state index in [9.17, 15) is 0 Å². The first kappa shape index (κ1) is 24.9. The monoisotopic (exact) mass is 841 g/mol. The van der Waals surface area contributed by atoms with E-state index < -0.39 is 13.8 Å². The molecular weight excluding hydrogens is 800 g/mol. The Morgan fingerprint density at radius 1 is 0.780 bits per heavy atom. The number of pyridine rings is 1. The van der Waals surface area contributed by atoms with Crippen molar-refractivity contribution in [3.05, 3.63) is 136 Å². The van der Waals surface area contributed by atoms with Crippen LogP contribution < -0.4 is 9.47 Å². The van der Waals surface area contributed by atoms with Crippen LogP contribution in [0.2, 0.25) is 0 Å². The molecule has 0 amide bonds. The first-order chi connectivity index (χ1) is 26.7. The number of hydrogen-bond acceptors (Lipinski definition) is 3. The molecule has 9 rings (SSSR count). The van der Waals surface area contributed by atoms with Gasteiger partial charge in [-0.1, -0.05) is 44.2 Å². The number of aromatic nitrogens is 4. The summed E-state index contributed by atoms with van der Waals surface area (Å²) in [7, 11) is 0. The number of hydrogen-bond donors (Lipinski definition) is 0. The van der Waals surface area contributed by atoms with Crippen LogP contribution in [0.4, 0.5) is 0 Å². The molecule has 50 heavy (non-hydrogen) atoms.